The van der Waals surface area contributed by atoms with Crippen molar-refractivity contribution in [2.45, 2.75) is 45.4 Å². The van der Waals surface area contributed by atoms with Gasteiger partial charge in [0.15, 0.2) is 6.29 Å². The molecule has 3 rings (SSSR count). The highest BCUT2D eigenvalue weighted by Crippen LogP contribution is 2.25. The Labute approximate surface area is 178 Å². The lowest BCUT2D eigenvalue weighted by atomic mass is 9.88. The van der Waals surface area contributed by atoms with Crippen LogP contribution in [0.25, 0.3) is 10.8 Å². The standard InChI is InChI=1S/C27H27NO2/c1-3-5-23(27(30)13-8-20-14-16-28-17-15-20)9-6-21-7-12-25-24(18-21)11-10-22(4-2)26(25)19-29/h2,7,10-12,14-19,23H,3,5-6,8-9,13H2,1H3. The number of hydrogen-bond donors (Lipinski definition) is 0. The molecule has 0 fully saturated rings. The molecule has 0 aliphatic carbocycles. The van der Waals surface area contributed by atoms with Gasteiger partial charge in [-0.05, 0) is 65.8 Å². The second-order valence-electron chi connectivity index (χ2n) is 7.69. The third-order valence-electron chi connectivity index (χ3n) is 5.68. The number of carbonyl (C=O) groups excluding carboxylic acids is 2. The van der Waals surface area contributed by atoms with Crippen molar-refractivity contribution in [2.24, 2.45) is 5.92 Å². The Hall–Kier alpha value is -3.25. The van der Waals surface area contributed by atoms with E-state index in [4.69, 9.17) is 6.42 Å². The van der Waals surface area contributed by atoms with Crippen LogP contribution in [0.5, 0.6) is 0 Å². The number of fused-ring (bicyclic) bond motifs is 1. The number of pyridine rings is 1. The Kier molecular flexibility index (Phi) is 7.51. The number of rotatable bonds is 10. The molecular formula is C27H27NO2. The second kappa shape index (κ2) is 10.5. The van der Waals surface area contributed by atoms with Gasteiger partial charge < -0.3 is 0 Å². The minimum absolute atomic E-state index is 0.0851. The summed E-state index contributed by atoms with van der Waals surface area (Å²) in [4.78, 5) is 28.3. The zero-order chi connectivity index (χ0) is 21.3. The summed E-state index contributed by atoms with van der Waals surface area (Å²) in [6.45, 7) is 2.13. The number of carbonyl (C=O) groups is 2. The van der Waals surface area contributed by atoms with Crippen LogP contribution in [-0.2, 0) is 17.6 Å². The molecule has 3 heteroatoms. The van der Waals surface area contributed by atoms with Gasteiger partial charge in [-0.3, -0.25) is 14.6 Å². The highest BCUT2D eigenvalue weighted by molar-refractivity contribution is 6.00. The monoisotopic (exact) mass is 397 g/mol. The maximum atomic E-state index is 12.8. The van der Waals surface area contributed by atoms with E-state index in [0.29, 0.717) is 23.3 Å². The summed E-state index contributed by atoms with van der Waals surface area (Å²) < 4.78 is 0. The molecule has 0 saturated heterocycles. The normalized spacial score (nSPS) is 11.7. The quantitative estimate of drug-likeness (QED) is 0.331. The summed E-state index contributed by atoms with van der Waals surface area (Å²) in [5.41, 5.74) is 3.51. The number of nitrogens with zero attached hydrogens (tertiary/aromatic N) is 1. The van der Waals surface area contributed by atoms with Crippen LogP contribution >= 0.6 is 0 Å². The molecule has 1 aromatic heterocycles. The van der Waals surface area contributed by atoms with Gasteiger partial charge in [-0.1, -0.05) is 43.5 Å². The Morgan fingerprint density at radius 2 is 1.87 bits per heavy atom. The maximum Gasteiger partial charge on any atom is 0.151 e. The van der Waals surface area contributed by atoms with Crippen molar-refractivity contribution in [2.75, 3.05) is 0 Å². The third-order valence-corrected chi connectivity index (χ3v) is 5.68. The first-order valence-corrected chi connectivity index (χ1v) is 10.5. The second-order valence-corrected chi connectivity index (χ2v) is 7.69. The minimum Gasteiger partial charge on any atom is -0.299 e. The molecule has 0 aliphatic heterocycles. The molecule has 3 aromatic rings. The molecule has 1 atom stereocenters. The number of aromatic nitrogens is 1. The first-order valence-electron chi connectivity index (χ1n) is 10.5. The predicted octanol–water partition coefficient (Wildman–Crippen LogP) is 5.58. The molecule has 0 spiro atoms. The highest BCUT2D eigenvalue weighted by Gasteiger charge is 2.17. The summed E-state index contributed by atoms with van der Waals surface area (Å²) in [5.74, 6) is 3.00. The van der Waals surface area contributed by atoms with Crippen LogP contribution < -0.4 is 0 Å². The van der Waals surface area contributed by atoms with Crippen molar-refractivity contribution in [1.82, 2.24) is 4.98 Å². The molecule has 1 heterocycles. The molecule has 0 bridgehead atoms. The summed E-state index contributed by atoms with van der Waals surface area (Å²) in [6, 6.07) is 13.8. The van der Waals surface area contributed by atoms with E-state index in [-0.39, 0.29) is 5.92 Å². The van der Waals surface area contributed by atoms with Gasteiger partial charge in [0.2, 0.25) is 0 Å². The van der Waals surface area contributed by atoms with Gasteiger partial charge in [-0.15, -0.1) is 6.42 Å². The third kappa shape index (κ3) is 5.21. The van der Waals surface area contributed by atoms with E-state index >= 15 is 0 Å². The Morgan fingerprint density at radius 3 is 2.57 bits per heavy atom. The molecule has 0 aliphatic rings. The van der Waals surface area contributed by atoms with Gasteiger partial charge >= 0.3 is 0 Å². The smallest absolute Gasteiger partial charge is 0.151 e. The lowest BCUT2D eigenvalue weighted by Crippen LogP contribution is -2.16. The summed E-state index contributed by atoms with van der Waals surface area (Å²) in [7, 11) is 0. The van der Waals surface area contributed by atoms with E-state index in [1.54, 1.807) is 12.4 Å². The molecular weight excluding hydrogens is 370 g/mol. The largest absolute Gasteiger partial charge is 0.299 e. The summed E-state index contributed by atoms with van der Waals surface area (Å²) in [6.07, 6.45) is 14.8. The van der Waals surface area contributed by atoms with Crippen molar-refractivity contribution in [1.29, 1.82) is 0 Å². The fraction of sp³-hybridized carbons (Fsp3) is 0.296. The molecule has 1 unspecified atom stereocenters. The number of terminal acetylenes is 1. The van der Waals surface area contributed by atoms with Crippen molar-refractivity contribution >= 4 is 22.8 Å². The first-order chi connectivity index (χ1) is 14.7. The zero-order valence-electron chi connectivity index (χ0n) is 17.4. The van der Waals surface area contributed by atoms with E-state index in [0.717, 1.165) is 54.7 Å². The highest BCUT2D eigenvalue weighted by atomic mass is 16.1. The minimum atomic E-state index is 0.0851. The molecule has 3 nitrogen and oxygen atoms in total. The molecule has 30 heavy (non-hydrogen) atoms. The number of aldehydes is 1. The van der Waals surface area contributed by atoms with Crippen LogP contribution in [0, 0.1) is 18.3 Å². The van der Waals surface area contributed by atoms with Crippen molar-refractivity contribution in [3.8, 4) is 12.3 Å². The number of Topliss-reactive ketones (excluding diaryl/α,β-unsaturated/α-hetero) is 1. The number of hydrogen-bond acceptors (Lipinski definition) is 3. The van der Waals surface area contributed by atoms with Gasteiger partial charge in [0.1, 0.15) is 5.78 Å². The van der Waals surface area contributed by atoms with E-state index in [2.05, 4.69) is 23.9 Å². The van der Waals surface area contributed by atoms with Crippen LogP contribution in [0.2, 0.25) is 0 Å². The van der Waals surface area contributed by atoms with Gasteiger partial charge in [0, 0.05) is 35.9 Å². The molecule has 0 saturated carbocycles. The Bertz CT molecular complexity index is 1060. The van der Waals surface area contributed by atoms with E-state index in [1.807, 2.05) is 36.4 Å². The lowest BCUT2D eigenvalue weighted by Gasteiger charge is -2.15. The maximum absolute atomic E-state index is 12.8. The molecule has 0 amide bonds. The van der Waals surface area contributed by atoms with Gasteiger partial charge in [-0.25, -0.2) is 0 Å². The zero-order valence-corrected chi connectivity index (χ0v) is 17.4. The summed E-state index contributed by atoms with van der Waals surface area (Å²) >= 11 is 0. The first kappa shape index (κ1) is 21.5. The van der Waals surface area contributed by atoms with Gasteiger partial charge in [-0.2, -0.15) is 0 Å². The van der Waals surface area contributed by atoms with Crippen molar-refractivity contribution in [3.05, 3.63) is 77.1 Å². The molecule has 0 N–H and O–H groups in total. The van der Waals surface area contributed by atoms with Crippen LogP contribution in [-0.4, -0.2) is 17.1 Å². The van der Waals surface area contributed by atoms with E-state index in [1.165, 1.54) is 5.56 Å². The lowest BCUT2D eigenvalue weighted by molar-refractivity contribution is -0.123. The van der Waals surface area contributed by atoms with Crippen LogP contribution in [0.3, 0.4) is 0 Å². The van der Waals surface area contributed by atoms with Gasteiger partial charge in [0.05, 0.1) is 0 Å². The molecule has 0 radical (unpaired) electrons. The number of benzene rings is 2. The topological polar surface area (TPSA) is 47.0 Å². The molecule has 2 aromatic carbocycles. The van der Waals surface area contributed by atoms with Crippen LogP contribution in [0.15, 0.2) is 54.9 Å². The van der Waals surface area contributed by atoms with E-state index < -0.39 is 0 Å². The molecule has 152 valence electrons. The van der Waals surface area contributed by atoms with Crippen molar-refractivity contribution < 1.29 is 9.59 Å². The predicted molar refractivity (Wildman–Crippen MR) is 122 cm³/mol. The Morgan fingerprint density at radius 1 is 1.07 bits per heavy atom. The fourth-order valence-corrected chi connectivity index (χ4v) is 3.99. The average molecular weight is 398 g/mol. The van der Waals surface area contributed by atoms with E-state index in [9.17, 15) is 9.59 Å². The SMILES string of the molecule is C#Cc1ccc2cc(CCC(CCC)C(=O)CCc3ccncc3)ccc2c1C=O. The van der Waals surface area contributed by atoms with Crippen molar-refractivity contribution in [3.63, 3.8) is 0 Å². The van der Waals surface area contributed by atoms with Crippen LogP contribution in [0.1, 0.15) is 59.7 Å². The Balaban J connectivity index is 1.68. The van der Waals surface area contributed by atoms with Crippen LogP contribution in [0.4, 0.5) is 0 Å². The number of ketones is 1. The van der Waals surface area contributed by atoms with Gasteiger partial charge in [0.25, 0.3) is 0 Å². The number of aryl methyl sites for hydroxylation is 2. The fourth-order valence-electron chi connectivity index (χ4n) is 3.99. The average Bonchev–Trinajstić information content (AvgIpc) is 2.79. The summed E-state index contributed by atoms with van der Waals surface area (Å²) in [5, 5.41) is 1.88.